The number of rotatable bonds is 8. The minimum Gasteiger partial charge on any atom is -0.550 e. The number of amides is 1. The van der Waals surface area contributed by atoms with Crippen molar-refractivity contribution >= 4 is 17.6 Å². The second kappa shape index (κ2) is 12.6. The van der Waals surface area contributed by atoms with Gasteiger partial charge in [0, 0.05) is 24.6 Å². The number of carboxylic acid groups (broad SMARTS) is 1. The molecule has 6 heteroatoms. The highest BCUT2D eigenvalue weighted by atomic mass is 16.4. The number of nitrogens with two attached hydrogens (primary N) is 1. The Morgan fingerprint density at radius 3 is 1.91 bits per heavy atom. The van der Waals surface area contributed by atoms with E-state index in [1.165, 1.54) is 19.6 Å². The van der Waals surface area contributed by atoms with E-state index in [9.17, 15) is 14.7 Å². The average Bonchev–Trinajstić information content (AvgIpc) is 2.56. The molecule has 4 N–H and O–H groups in total. The molecule has 0 radical (unpaired) electrons. The Labute approximate surface area is 138 Å². The SMILES string of the molecule is CC[NH+](CC)CC.NCc1ccc(NC(=O)CCC(=O)[O-])cc1. The zero-order chi connectivity index (χ0) is 17.7. The van der Waals surface area contributed by atoms with Gasteiger partial charge in [-0.15, -0.1) is 0 Å². The summed E-state index contributed by atoms with van der Waals surface area (Å²) in [5.41, 5.74) is 7.01. The first kappa shape index (κ1) is 21.1. The van der Waals surface area contributed by atoms with Crippen molar-refractivity contribution in [2.24, 2.45) is 5.73 Å². The summed E-state index contributed by atoms with van der Waals surface area (Å²) in [4.78, 5) is 23.1. The highest BCUT2D eigenvalue weighted by Gasteiger charge is 2.02. The summed E-state index contributed by atoms with van der Waals surface area (Å²) < 4.78 is 0. The van der Waals surface area contributed by atoms with Gasteiger partial charge >= 0.3 is 0 Å². The molecule has 0 saturated carbocycles. The molecule has 0 aromatic heterocycles. The standard InChI is InChI=1S/C11H14N2O3.C6H15N/c12-7-8-1-3-9(4-2-8)13-10(14)5-6-11(15)16;1-4-7(5-2)6-3/h1-4H,5-7,12H2,(H,13,14)(H,15,16);4-6H2,1-3H3. The molecule has 0 saturated heterocycles. The molecule has 6 nitrogen and oxygen atoms in total. The van der Waals surface area contributed by atoms with Crippen LogP contribution in [0.15, 0.2) is 24.3 Å². The molecule has 23 heavy (non-hydrogen) atoms. The number of carboxylic acids is 1. The quantitative estimate of drug-likeness (QED) is 0.603. The molecule has 1 aromatic rings. The van der Waals surface area contributed by atoms with Gasteiger partial charge in [0.25, 0.3) is 0 Å². The maximum atomic E-state index is 11.2. The number of nitrogens with one attached hydrogen (secondary N) is 2. The summed E-state index contributed by atoms with van der Waals surface area (Å²) in [5.74, 6) is -1.57. The monoisotopic (exact) mass is 323 g/mol. The number of anilines is 1. The predicted molar refractivity (Wildman–Crippen MR) is 89.8 cm³/mol. The number of hydrogen-bond donors (Lipinski definition) is 3. The van der Waals surface area contributed by atoms with Gasteiger partial charge in [-0.25, -0.2) is 0 Å². The largest absolute Gasteiger partial charge is 0.550 e. The fraction of sp³-hybridized carbons (Fsp3) is 0.529. The molecule has 130 valence electrons. The van der Waals surface area contributed by atoms with Crippen molar-refractivity contribution in [3.63, 3.8) is 0 Å². The summed E-state index contributed by atoms with van der Waals surface area (Å²) in [5, 5.41) is 12.7. The van der Waals surface area contributed by atoms with Crippen LogP contribution in [0.2, 0.25) is 0 Å². The van der Waals surface area contributed by atoms with Crippen LogP contribution in [0.25, 0.3) is 0 Å². The maximum absolute atomic E-state index is 11.2. The van der Waals surface area contributed by atoms with Gasteiger partial charge in [0.05, 0.1) is 19.6 Å². The number of carbonyl (C=O) groups is 2. The molecule has 0 fully saturated rings. The molecule has 0 unspecified atom stereocenters. The molecule has 1 aromatic carbocycles. The van der Waals surface area contributed by atoms with Crippen LogP contribution >= 0.6 is 0 Å². The Kier molecular flexibility index (Phi) is 11.6. The average molecular weight is 323 g/mol. The van der Waals surface area contributed by atoms with E-state index in [2.05, 4.69) is 26.1 Å². The number of carbonyl (C=O) groups excluding carboxylic acids is 2. The van der Waals surface area contributed by atoms with Crippen LogP contribution in [0.1, 0.15) is 39.2 Å². The van der Waals surface area contributed by atoms with Crippen molar-refractivity contribution in [3.05, 3.63) is 29.8 Å². The molecular weight excluding hydrogens is 294 g/mol. The van der Waals surface area contributed by atoms with Crippen LogP contribution in [0.5, 0.6) is 0 Å². The summed E-state index contributed by atoms with van der Waals surface area (Å²) in [6, 6.07) is 7.04. The summed E-state index contributed by atoms with van der Waals surface area (Å²) in [6.45, 7) is 10.9. The van der Waals surface area contributed by atoms with Gasteiger partial charge in [-0.2, -0.15) is 0 Å². The number of quaternary nitrogens is 1. The van der Waals surface area contributed by atoms with Crippen LogP contribution in [0, 0.1) is 0 Å². The topological polar surface area (TPSA) is 99.7 Å². The van der Waals surface area contributed by atoms with Crippen molar-refractivity contribution in [2.45, 2.75) is 40.2 Å². The van der Waals surface area contributed by atoms with E-state index in [0.29, 0.717) is 12.2 Å². The molecule has 0 aliphatic heterocycles. The Morgan fingerprint density at radius 2 is 1.57 bits per heavy atom. The van der Waals surface area contributed by atoms with Crippen molar-refractivity contribution in [2.75, 3.05) is 25.0 Å². The lowest BCUT2D eigenvalue weighted by molar-refractivity contribution is -0.894. The predicted octanol–water partition coefficient (Wildman–Crippen LogP) is -0.455. The number of aliphatic carboxylic acids is 1. The van der Waals surface area contributed by atoms with Gasteiger partial charge in [-0.05, 0) is 44.9 Å². The zero-order valence-electron chi connectivity index (χ0n) is 14.4. The molecule has 0 aliphatic carbocycles. The summed E-state index contributed by atoms with van der Waals surface area (Å²) in [7, 11) is 0. The van der Waals surface area contributed by atoms with Crippen LogP contribution in [-0.4, -0.2) is 31.5 Å². The lowest BCUT2D eigenvalue weighted by atomic mass is 10.2. The van der Waals surface area contributed by atoms with Crippen LogP contribution in [0.3, 0.4) is 0 Å². The molecule has 0 atom stereocenters. The molecular formula is C17H29N3O3. The van der Waals surface area contributed by atoms with E-state index < -0.39 is 5.97 Å². The smallest absolute Gasteiger partial charge is 0.224 e. The summed E-state index contributed by atoms with van der Waals surface area (Å²) >= 11 is 0. The Hall–Kier alpha value is -1.92. The molecule has 1 amide bonds. The highest BCUT2D eigenvalue weighted by Crippen LogP contribution is 2.09. The molecule has 0 bridgehead atoms. The fourth-order valence-corrected chi connectivity index (χ4v) is 1.91. The van der Waals surface area contributed by atoms with E-state index in [4.69, 9.17) is 5.73 Å². The maximum Gasteiger partial charge on any atom is 0.224 e. The van der Waals surface area contributed by atoms with E-state index in [0.717, 1.165) is 5.56 Å². The fourth-order valence-electron chi connectivity index (χ4n) is 1.91. The minimum absolute atomic E-state index is 0.0824. The van der Waals surface area contributed by atoms with Crippen LogP contribution in [-0.2, 0) is 16.1 Å². The van der Waals surface area contributed by atoms with Crippen molar-refractivity contribution in [3.8, 4) is 0 Å². The van der Waals surface area contributed by atoms with Crippen molar-refractivity contribution in [1.82, 2.24) is 0 Å². The van der Waals surface area contributed by atoms with E-state index >= 15 is 0 Å². The first-order valence-corrected chi connectivity index (χ1v) is 8.08. The Bertz CT molecular complexity index is 451. The van der Waals surface area contributed by atoms with E-state index in [1.807, 2.05) is 0 Å². The van der Waals surface area contributed by atoms with E-state index in [-0.39, 0.29) is 18.7 Å². The van der Waals surface area contributed by atoms with Crippen molar-refractivity contribution in [1.29, 1.82) is 0 Å². The lowest BCUT2D eigenvalue weighted by Crippen LogP contribution is -3.11. The Balaban J connectivity index is 0.000000585. The number of benzene rings is 1. The third kappa shape index (κ3) is 10.4. The van der Waals surface area contributed by atoms with Gasteiger partial charge in [0.2, 0.25) is 5.91 Å². The Morgan fingerprint density at radius 1 is 1.04 bits per heavy atom. The van der Waals surface area contributed by atoms with Crippen molar-refractivity contribution < 1.29 is 19.6 Å². The molecule has 0 aliphatic rings. The first-order valence-electron chi connectivity index (χ1n) is 8.08. The zero-order valence-corrected chi connectivity index (χ0v) is 14.4. The minimum atomic E-state index is -1.23. The third-order valence-corrected chi connectivity index (χ3v) is 3.53. The molecule has 0 heterocycles. The second-order valence-corrected chi connectivity index (χ2v) is 5.13. The normalized spacial score (nSPS) is 9.96. The molecule has 0 spiro atoms. The second-order valence-electron chi connectivity index (χ2n) is 5.13. The van der Waals surface area contributed by atoms with Gasteiger partial charge in [-0.1, -0.05) is 12.1 Å². The van der Waals surface area contributed by atoms with Gasteiger partial charge in [0.1, 0.15) is 0 Å². The first-order chi connectivity index (χ1) is 11.0. The van der Waals surface area contributed by atoms with Crippen LogP contribution < -0.4 is 21.1 Å². The number of hydrogen-bond acceptors (Lipinski definition) is 4. The highest BCUT2D eigenvalue weighted by molar-refractivity contribution is 5.92. The third-order valence-electron chi connectivity index (χ3n) is 3.53. The molecule has 1 rings (SSSR count). The van der Waals surface area contributed by atoms with E-state index in [1.54, 1.807) is 29.2 Å². The van der Waals surface area contributed by atoms with Crippen LogP contribution in [0.4, 0.5) is 5.69 Å². The summed E-state index contributed by atoms with van der Waals surface area (Å²) in [6.07, 6.45) is -0.353. The van der Waals surface area contributed by atoms with Gasteiger partial charge in [0.15, 0.2) is 0 Å². The lowest BCUT2D eigenvalue weighted by Gasteiger charge is -2.10. The van der Waals surface area contributed by atoms with Gasteiger partial charge in [-0.3, -0.25) is 4.79 Å². The van der Waals surface area contributed by atoms with Gasteiger partial charge < -0.3 is 25.9 Å².